The fraction of sp³-hybridized carbons (Fsp3) is 0.100. The Hall–Kier alpha value is -2.94. The maximum atomic E-state index is 14.3. The number of nitrogens with one attached hydrogen (secondary N) is 1. The number of hydrogen-bond acceptors (Lipinski definition) is 3. The molecule has 150 valence electrons. The first-order valence-electron chi connectivity index (χ1n) is 8.24. The Kier molecular flexibility index (Phi) is 6.17. The summed E-state index contributed by atoms with van der Waals surface area (Å²) in [4.78, 5) is 15.9. The van der Waals surface area contributed by atoms with Crippen molar-refractivity contribution < 1.29 is 26.7 Å². The lowest BCUT2D eigenvalue weighted by Gasteiger charge is -2.13. The molecule has 3 rings (SSSR count). The summed E-state index contributed by atoms with van der Waals surface area (Å²) in [6.07, 6.45) is -3.82. The van der Waals surface area contributed by atoms with Gasteiger partial charge >= 0.3 is 6.18 Å². The summed E-state index contributed by atoms with van der Waals surface area (Å²) < 4.78 is 65.6. The van der Waals surface area contributed by atoms with Crippen molar-refractivity contribution in [2.24, 2.45) is 0 Å². The maximum absolute atomic E-state index is 14.3. The van der Waals surface area contributed by atoms with Gasteiger partial charge < -0.3 is 5.32 Å². The molecule has 3 nitrogen and oxygen atoms in total. The fourth-order valence-electron chi connectivity index (χ4n) is 2.49. The van der Waals surface area contributed by atoms with Crippen LogP contribution in [0.1, 0.15) is 5.56 Å². The summed E-state index contributed by atoms with van der Waals surface area (Å²) >= 11 is 0.891. The molecule has 0 saturated carbocycles. The zero-order valence-corrected chi connectivity index (χ0v) is 15.5. The molecule has 1 aromatic heterocycles. The molecule has 29 heavy (non-hydrogen) atoms. The van der Waals surface area contributed by atoms with Gasteiger partial charge in [0.25, 0.3) is 0 Å². The minimum atomic E-state index is -4.50. The number of anilines is 1. The number of halogens is 5. The van der Waals surface area contributed by atoms with Gasteiger partial charge in [-0.25, -0.2) is 13.8 Å². The second kappa shape index (κ2) is 8.60. The summed E-state index contributed by atoms with van der Waals surface area (Å²) in [5, 5.41) is 2.61. The van der Waals surface area contributed by atoms with Gasteiger partial charge in [-0.1, -0.05) is 42.1 Å². The number of nitrogens with zero attached hydrogens (tertiary/aromatic N) is 1. The van der Waals surface area contributed by atoms with Crippen molar-refractivity contribution in [1.82, 2.24) is 4.98 Å². The van der Waals surface area contributed by atoms with E-state index in [1.165, 1.54) is 0 Å². The molecular formula is C20H13F5N2OS. The lowest BCUT2D eigenvalue weighted by Crippen LogP contribution is -2.16. The van der Waals surface area contributed by atoms with Gasteiger partial charge in [0, 0.05) is 17.8 Å². The van der Waals surface area contributed by atoms with E-state index in [1.54, 1.807) is 30.3 Å². The van der Waals surface area contributed by atoms with Crippen LogP contribution < -0.4 is 5.32 Å². The Labute approximate surface area is 167 Å². The summed E-state index contributed by atoms with van der Waals surface area (Å²) in [5.41, 5.74) is -0.386. The SMILES string of the molecule is O=C(CSc1ccc(C(F)(F)F)cn1)Nc1c(F)cc(F)cc1-c1ccccc1. The molecule has 0 aliphatic rings. The Morgan fingerprint density at radius 2 is 1.76 bits per heavy atom. The van der Waals surface area contributed by atoms with Crippen LogP contribution in [0.25, 0.3) is 11.1 Å². The zero-order chi connectivity index (χ0) is 21.0. The van der Waals surface area contributed by atoms with Gasteiger partial charge in [0.15, 0.2) is 0 Å². The number of pyridine rings is 1. The van der Waals surface area contributed by atoms with Crippen molar-refractivity contribution in [1.29, 1.82) is 0 Å². The maximum Gasteiger partial charge on any atom is 0.417 e. The number of benzene rings is 2. The van der Waals surface area contributed by atoms with E-state index in [4.69, 9.17) is 0 Å². The van der Waals surface area contributed by atoms with Crippen molar-refractivity contribution in [3.63, 3.8) is 0 Å². The molecule has 0 spiro atoms. The van der Waals surface area contributed by atoms with Crippen LogP contribution >= 0.6 is 11.8 Å². The Balaban J connectivity index is 1.73. The lowest BCUT2D eigenvalue weighted by molar-refractivity contribution is -0.137. The van der Waals surface area contributed by atoms with Gasteiger partial charge in [-0.3, -0.25) is 4.79 Å². The molecule has 1 heterocycles. The van der Waals surface area contributed by atoms with E-state index in [0.29, 0.717) is 17.8 Å². The highest BCUT2D eigenvalue weighted by Crippen LogP contribution is 2.32. The second-order valence-corrected chi connectivity index (χ2v) is 6.89. The molecule has 0 atom stereocenters. The second-order valence-electron chi connectivity index (χ2n) is 5.90. The number of amides is 1. The van der Waals surface area contributed by atoms with Crippen molar-refractivity contribution in [2.45, 2.75) is 11.2 Å². The predicted octanol–water partition coefficient (Wildman–Crippen LogP) is 5.78. The molecule has 0 bridgehead atoms. The number of thioether (sulfide) groups is 1. The molecule has 0 unspecified atom stereocenters. The van der Waals surface area contributed by atoms with Gasteiger partial charge in [0.2, 0.25) is 5.91 Å². The predicted molar refractivity (Wildman–Crippen MR) is 100 cm³/mol. The summed E-state index contributed by atoms with van der Waals surface area (Å²) in [7, 11) is 0. The van der Waals surface area contributed by atoms with E-state index in [9.17, 15) is 26.7 Å². The average Bonchev–Trinajstić information content (AvgIpc) is 2.68. The number of hydrogen-bond donors (Lipinski definition) is 1. The third-order valence-corrected chi connectivity index (χ3v) is 4.76. The van der Waals surface area contributed by atoms with Crippen LogP contribution in [0.2, 0.25) is 0 Å². The topological polar surface area (TPSA) is 42.0 Å². The monoisotopic (exact) mass is 424 g/mol. The lowest BCUT2D eigenvalue weighted by atomic mass is 10.0. The van der Waals surface area contributed by atoms with Crippen molar-refractivity contribution >= 4 is 23.4 Å². The molecule has 3 aromatic rings. The highest BCUT2D eigenvalue weighted by atomic mass is 32.2. The summed E-state index contributed by atoms with van der Waals surface area (Å²) in [6, 6.07) is 12.2. The Bertz CT molecular complexity index is 1010. The summed E-state index contributed by atoms with van der Waals surface area (Å²) in [6.45, 7) is 0. The van der Waals surface area contributed by atoms with Crippen molar-refractivity contribution in [2.75, 3.05) is 11.1 Å². The van der Waals surface area contributed by atoms with Gasteiger partial charge in [-0.05, 0) is 23.8 Å². The molecule has 0 radical (unpaired) electrons. The van der Waals surface area contributed by atoms with Crippen LogP contribution in [0, 0.1) is 11.6 Å². The van der Waals surface area contributed by atoms with Crippen LogP contribution in [0.4, 0.5) is 27.6 Å². The minimum absolute atomic E-state index is 0.175. The van der Waals surface area contributed by atoms with Gasteiger partial charge in [0.1, 0.15) is 11.6 Å². The molecular weight excluding hydrogens is 411 g/mol. The molecule has 0 saturated heterocycles. The molecule has 0 fully saturated rings. The fourth-order valence-corrected chi connectivity index (χ4v) is 3.14. The van der Waals surface area contributed by atoms with E-state index >= 15 is 0 Å². The van der Waals surface area contributed by atoms with Crippen LogP contribution in [-0.4, -0.2) is 16.6 Å². The van der Waals surface area contributed by atoms with Crippen LogP contribution in [0.15, 0.2) is 65.8 Å². The largest absolute Gasteiger partial charge is 0.417 e. The quantitative estimate of drug-likeness (QED) is 0.417. The van der Waals surface area contributed by atoms with E-state index in [2.05, 4.69) is 10.3 Å². The van der Waals surface area contributed by atoms with Gasteiger partial charge in [-0.2, -0.15) is 13.2 Å². The molecule has 1 N–H and O–H groups in total. The van der Waals surface area contributed by atoms with Gasteiger partial charge in [-0.15, -0.1) is 0 Å². The van der Waals surface area contributed by atoms with Crippen LogP contribution in [-0.2, 0) is 11.0 Å². The smallest absolute Gasteiger partial charge is 0.322 e. The minimum Gasteiger partial charge on any atom is -0.322 e. The van der Waals surface area contributed by atoms with E-state index in [0.717, 1.165) is 30.0 Å². The highest BCUT2D eigenvalue weighted by Gasteiger charge is 2.30. The van der Waals surface area contributed by atoms with Crippen LogP contribution in [0.5, 0.6) is 0 Å². The number of alkyl halides is 3. The van der Waals surface area contributed by atoms with E-state index in [1.807, 2.05) is 0 Å². The molecule has 9 heteroatoms. The molecule has 1 amide bonds. The number of carbonyl (C=O) groups excluding carboxylic acids is 1. The van der Waals surface area contributed by atoms with Gasteiger partial charge in [0.05, 0.1) is 22.0 Å². The van der Waals surface area contributed by atoms with Crippen molar-refractivity contribution in [3.05, 3.63) is 78.0 Å². The Morgan fingerprint density at radius 3 is 2.38 bits per heavy atom. The van der Waals surface area contributed by atoms with Crippen molar-refractivity contribution in [3.8, 4) is 11.1 Å². The third-order valence-electron chi connectivity index (χ3n) is 3.82. The third kappa shape index (κ3) is 5.32. The first kappa shape index (κ1) is 20.8. The number of rotatable bonds is 5. The first-order chi connectivity index (χ1) is 13.7. The average molecular weight is 424 g/mol. The first-order valence-corrected chi connectivity index (χ1v) is 9.23. The number of aromatic nitrogens is 1. The van der Waals surface area contributed by atoms with E-state index < -0.39 is 29.3 Å². The normalized spacial score (nSPS) is 11.3. The zero-order valence-electron chi connectivity index (χ0n) is 14.6. The van der Waals surface area contributed by atoms with E-state index in [-0.39, 0.29) is 22.0 Å². The Morgan fingerprint density at radius 1 is 1.03 bits per heavy atom. The molecule has 0 aliphatic heterocycles. The standard InChI is InChI=1S/C20H13F5N2OS/c21-14-8-15(12-4-2-1-3-5-12)19(16(22)9-14)27-17(28)11-29-18-7-6-13(10-26-18)20(23,24)25/h1-10H,11H2,(H,27,28). The van der Waals surface area contributed by atoms with Crippen LogP contribution in [0.3, 0.4) is 0 Å². The molecule has 2 aromatic carbocycles. The molecule has 0 aliphatic carbocycles. The highest BCUT2D eigenvalue weighted by molar-refractivity contribution is 7.99. The summed E-state index contributed by atoms with van der Waals surface area (Å²) in [5.74, 6) is -2.56. The number of carbonyl (C=O) groups is 1.